The first-order valence-electron chi connectivity index (χ1n) is 3.42. The van der Waals surface area contributed by atoms with E-state index in [1.54, 1.807) is 11.1 Å². The van der Waals surface area contributed by atoms with Gasteiger partial charge in [0.1, 0.15) is 0 Å². The molecule has 3 heteroatoms. The number of benzene rings is 1. The van der Waals surface area contributed by atoms with E-state index in [-0.39, 0.29) is 0 Å². The van der Waals surface area contributed by atoms with Crippen molar-refractivity contribution in [3.8, 4) is 0 Å². The Kier molecular flexibility index (Phi) is 2.73. The Labute approximate surface area is 90.5 Å². The van der Waals surface area contributed by atoms with Crippen LogP contribution in [0.2, 0.25) is 0 Å². The summed E-state index contributed by atoms with van der Waals surface area (Å²) in [4.78, 5) is 0. The van der Waals surface area contributed by atoms with Gasteiger partial charge in [-0.3, -0.25) is 0 Å². The third-order valence-corrected chi connectivity index (χ3v) is 14.4. The van der Waals surface area contributed by atoms with Crippen LogP contribution in [0.15, 0.2) is 24.3 Å². The van der Waals surface area contributed by atoms with Gasteiger partial charge in [-0.1, -0.05) is 0 Å². The molecule has 1 aliphatic heterocycles. The summed E-state index contributed by atoms with van der Waals surface area (Å²) < 4.78 is 2.83. The molecule has 60 valence electrons. The first kappa shape index (κ1) is 9.04. The van der Waals surface area contributed by atoms with E-state index >= 15 is 0 Å². The topological polar surface area (TPSA) is 0 Å². The summed E-state index contributed by atoms with van der Waals surface area (Å²) in [5.74, 6) is 0. The van der Waals surface area contributed by atoms with E-state index < -0.39 is 10.3 Å². The van der Waals surface area contributed by atoms with Crippen molar-refractivity contribution in [2.75, 3.05) is 0 Å². The molecule has 0 saturated heterocycles. The fourth-order valence-corrected chi connectivity index (χ4v) is 14.8. The van der Waals surface area contributed by atoms with Crippen LogP contribution in [-0.4, -0.2) is 10.3 Å². The zero-order valence-electron chi connectivity index (χ0n) is 5.89. The van der Waals surface area contributed by atoms with Crippen molar-refractivity contribution >= 4 is 47.7 Å². The number of rotatable bonds is 0. The molecule has 0 spiro atoms. The minimum absolute atomic E-state index is 1.40. The van der Waals surface area contributed by atoms with E-state index in [9.17, 15) is 0 Å². The van der Waals surface area contributed by atoms with Crippen molar-refractivity contribution in [2.45, 2.75) is 8.94 Å². The fraction of sp³-hybridized carbons (Fsp3) is 0.250. The van der Waals surface area contributed by atoms with Gasteiger partial charge in [0.05, 0.1) is 0 Å². The second-order valence-corrected chi connectivity index (χ2v) is 42.3. The molecule has 1 heterocycles. The molecule has 2 rings (SSSR count). The molecule has 0 saturated carbocycles. The van der Waals surface area contributed by atoms with Gasteiger partial charge in [-0.15, -0.1) is 0 Å². The van der Waals surface area contributed by atoms with Crippen LogP contribution < -0.4 is 0 Å². The Morgan fingerprint density at radius 3 is 1.91 bits per heavy atom. The summed E-state index contributed by atoms with van der Waals surface area (Å²) in [5.41, 5.74) is 3.25. The molecule has 0 amide bonds. The van der Waals surface area contributed by atoms with E-state index in [0.29, 0.717) is 0 Å². The van der Waals surface area contributed by atoms with Gasteiger partial charge < -0.3 is 0 Å². The van der Waals surface area contributed by atoms with Crippen molar-refractivity contribution in [2.24, 2.45) is 0 Å². The van der Waals surface area contributed by atoms with Crippen molar-refractivity contribution in [1.29, 1.82) is 0 Å². The van der Waals surface area contributed by atoms with Crippen LogP contribution in [0.3, 0.4) is 0 Å². The van der Waals surface area contributed by atoms with Gasteiger partial charge in [0.2, 0.25) is 0 Å². The number of hydrogen-bond donors (Lipinski definition) is 0. The molecule has 0 aliphatic carbocycles. The average Bonchev–Trinajstić information content (AvgIpc) is 2.21. The number of hydrogen-bond acceptors (Lipinski definition) is 0. The van der Waals surface area contributed by atoms with E-state index in [2.05, 4.69) is 61.7 Å². The van der Waals surface area contributed by atoms with Crippen LogP contribution in [0.1, 0.15) is 11.1 Å². The molecule has 0 nitrogen and oxygen atoms in total. The van der Waals surface area contributed by atoms with Gasteiger partial charge in [0, 0.05) is 0 Å². The second-order valence-electron chi connectivity index (χ2n) is 2.76. The summed E-state index contributed by atoms with van der Waals surface area (Å²) in [6.07, 6.45) is 0. The van der Waals surface area contributed by atoms with Crippen LogP contribution in [0.5, 0.6) is 0 Å². The van der Waals surface area contributed by atoms with E-state index in [0.717, 1.165) is 0 Å². The molecule has 0 fully saturated rings. The monoisotopic (exact) mass is 488 g/mol. The van der Waals surface area contributed by atoms with Crippen molar-refractivity contribution in [3.63, 3.8) is 0 Å². The van der Waals surface area contributed by atoms with Crippen LogP contribution in [0, 0.1) is 0 Å². The molecule has 0 radical (unpaired) electrons. The summed E-state index contributed by atoms with van der Waals surface area (Å²) in [7, 11) is -1.40. The fourth-order valence-electron chi connectivity index (χ4n) is 1.35. The molecular formula is C8H8I2Te. The Morgan fingerprint density at radius 2 is 1.45 bits per heavy atom. The third-order valence-electron chi connectivity index (χ3n) is 1.85. The van der Waals surface area contributed by atoms with Crippen molar-refractivity contribution < 1.29 is 0 Å². The van der Waals surface area contributed by atoms with Gasteiger partial charge in [-0.25, -0.2) is 0 Å². The first-order valence-corrected chi connectivity index (χ1v) is 20.3. The molecule has 1 aromatic rings. The summed E-state index contributed by atoms with van der Waals surface area (Å²) >= 11 is 5.48. The number of fused-ring (bicyclic) bond motifs is 1. The average molecular weight is 486 g/mol. The normalized spacial score (nSPS) is 22.7. The predicted octanol–water partition coefficient (Wildman–Crippen LogP) is 3.18. The van der Waals surface area contributed by atoms with E-state index in [1.165, 1.54) is 8.94 Å². The van der Waals surface area contributed by atoms with Gasteiger partial charge in [0.15, 0.2) is 0 Å². The van der Waals surface area contributed by atoms with Gasteiger partial charge in [-0.05, 0) is 0 Å². The molecule has 0 aromatic heterocycles. The van der Waals surface area contributed by atoms with Crippen LogP contribution >= 0.6 is 37.4 Å². The minimum atomic E-state index is -1.40. The van der Waals surface area contributed by atoms with Gasteiger partial charge >= 0.3 is 92.0 Å². The second kappa shape index (κ2) is 3.32. The zero-order chi connectivity index (χ0) is 7.90. The zero-order valence-corrected chi connectivity index (χ0v) is 12.5. The summed E-state index contributed by atoms with van der Waals surface area (Å²) in [5, 5.41) is 0. The molecule has 0 atom stereocenters. The number of halogens is 2. The quantitative estimate of drug-likeness (QED) is 0.391. The summed E-state index contributed by atoms with van der Waals surface area (Å²) in [6.45, 7) is 0. The molecular weight excluding hydrogens is 477 g/mol. The van der Waals surface area contributed by atoms with Crippen LogP contribution in [0.25, 0.3) is 0 Å². The Bertz CT molecular complexity index is 256. The summed E-state index contributed by atoms with van der Waals surface area (Å²) in [6, 6.07) is 8.91. The molecule has 11 heavy (non-hydrogen) atoms. The van der Waals surface area contributed by atoms with Crippen molar-refractivity contribution in [1.82, 2.24) is 0 Å². The van der Waals surface area contributed by atoms with Gasteiger partial charge in [-0.2, -0.15) is 0 Å². The third kappa shape index (κ3) is 2.04. The first-order chi connectivity index (χ1) is 5.17. The predicted molar refractivity (Wildman–Crippen MR) is 67.6 cm³/mol. The van der Waals surface area contributed by atoms with E-state index in [4.69, 9.17) is 0 Å². The van der Waals surface area contributed by atoms with E-state index in [1.807, 2.05) is 0 Å². The maximum atomic E-state index is 2.74. The Balaban J connectivity index is 2.41. The molecule has 0 unspecified atom stereocenters. The Hall–Kier alpha value is 1.47. The molecule has 0 N–H and O–H groups in total. The van der Waals surface area contributed by atoms with Crippen LogP contribution in [0.4, 0.5) is 0 Å². The molecule has 1 aliphatic rings. The maximum absolute atomic E-state index is 2.74. The van der Waals surface area contributed by atoms with Gasteiger partial charge in [0.25, 0.3) is 0 Å². The molecule has 1 aromatic carbocycles. The molecule has 0 bridgehead atoms. The van der Waals surface area contributed by atoms with Crippen LogP contribution in [-0.2, 0) is 8.94 Å². The SMILES string of the molecule is I[Te]1(I)Cc2ccccc2C1. The van der Waals surface area contributed by atoms with Crippen molar-refractivity contribution in [3.05, 3.63) is 35.4 Å². The standard InChI is InChI=1S/C8H8I2Te/c9-11(10)5-7-3-1-2-4-8(7)6-11/h1-4H,5-6H2. The Morgan fingerprint density at radius 1 is 1.00 bits per heavy atom.